The van der Waals surface area contributed by atoms with Crippen molar-refractivity contribution in [1.82, 2.24) is 0 Å². The predicted octanol–water partition coefficient (Wildman–Crippen LogP) is 6.24. The molecule has 7 heteroatoms. The molecule has 0 aliphatic carbocycles. The van der Waals surface area contributed by atoms with Crippen molar-refractivity contribution in [3.8, 4) is 0 Å². The molecule has 0 aliphatic heterocycles. The van der Waals surface area contributed by atoms with Gasteiger partial charge in [0.1, 0.15) is 10.7 Å². The van der Waals surface area contributed by atoms with Crippen LogP contribution < -0.4 is 10.6 Å². The minimum Gasteiger partial charge on any atom is -0.326 e. The number of fused-ring (bicyclic) bond motifs is 1. The van der Waals surface area contributed by atoms with Crippen molar-refractivity contribution in [2.75, 3.05) is 10.6 Å². The van der Waals surface area contributed by atoms with E-state index in [1.807, 2.05) is 24.3 Å². The van der Waals surface area contributed by atoms with Crippen molar-refractivity contribution >= 4 is 60.5 Å². The standard InChI is InChI=1S/C23H16BrFN2O2S/c24-21-18-6-1-2-7-19(18)30-22(21)23(29)27-17-5-3-4-16(13-17)26-20(28)12-14-8-10-15(25)11-9-14/h1-11,13H,12H2,(H,26,28)(H,27,29). The molecule has 30 heavy (non-hydrogen) atoms. The van der Waals surface area contributed by atoms with Gasteiger partial charge < -0.3 is 10.6 Å². The average Bonchev–Trinajstić information content (AvgIpc) is 3.07. The van der Waals surface area contributed by atoms with E-state index >= 15 is 0 Å². The fraction of sp³-hybridized carbons (Fsp3) is 0.0435. The maximum atomic E-state index is 13.0. The molecule has 0 bridgehead atoms. The van der Waals surface area contributed by atoms with Gasteiger partial charge in [-0.15, -0.1) is 11.3 Å². The highest BCUT2D eigenvalue weighted by Crippen LogP contribution is 2.35. The Kier molecular flexibility index (Phi) is 5.92. The van der Waals surface area contributed by atoms with Crippen LogP contribution in [0.15, 0.2) is 77.3 Å². The molecule has 1 aromatic heterocycles. The Labute approximate surface area is 184 Å². The quantitative estimate of drug-likeness (QED) is 0.353. The number of carbonyl (C=O) groups excluding carboxylic acids is 2. The lowest BCUT2D eigenvalue weighted by Crippen LogP contribution is -2.15. The van der Waals surface area contributed by atoms with E-state index in [2.05, 4.69) is 26.6 Å². The lowest BCUT2D eigenvalue weighted by Gasteiger charge is -2.09. The van der Waals surface area contributed by atoms with E-state index in [9.17, 15) is 14.0 Å². The summed E-state index contributed by atoms with van der Waals surface area (Å²) in [4.78, 5) is 25.6. The second-order valence-electron chi connectivity index (χ2n) is 6.63. The molecule has 0 radical (unpaired) electrons. The monoisotopic (exact) mass is 482 g/mol. The average molecular weight is 483 g/mol. The maximum absolute atomic E-state index is 13.0. The Morgan fingerprint density at radius 2 is 1.60 bits per heavy atom. The molecule has 4 nitrogen and oxygen atoms in total. The molecule has 0 saturated heterocycles. The number of rotatable bonds is 5. The third-order valence-corrected chi connectivity index (χ3v) is 6.68. The van der Waals surface area contributed by atoms with Crippen LogP contribution >= 0.6 is 27.3 Å². The van der Waals surface area contributed by atoms with Crippen LogP contribution in [0.25, 0.3) is 10.1 Å². The highest BCUT2D eigenvalue weighted by molar-refractivity contribution is 9.10. The van der Waals surface area contributed by atoms with E-state index in [-0.39, 0.29) is 24.1 Å². The number of thiophene rings is 1. The van der Waals surface area contributed by atoms with Crippen molar-refractivity contribution in [3.63, 3.8) is 0 Å². The minimum absolute atomic E-state index is 0.131. The number of halogens is 2. The first kappa shape index (κ1) is 20.3. The Bertz CT molecular complexity index is 1240. The largest absolute Gasteiger partial charge is 0.326 e. The van der Waals surface area contributed by atoms with Crippen LogP contribution in [-0.2, 0) is 11.2 Å². The van der Waals surface area contributed by atoms with Gasteiger partial charge in [0.05, 0.1) is 6.42 Å². The summed E-state index contributed by atoms with van der Waals surface area (Å²) >= 11 is 4.93. The smallest absolute Gasteiger partial charge is 0.266 e. The van der Waals surface area contributed by atoms with E-state index in [0.29, 0.717) is 21.8 Å². The normalized spacial score (nSPS) is 10.7. The fourth-order valence-electron chi connectivity index (χ4n) is 3.02. The van der Waals surface area contributed by atoms with Crippen LogP contribution in [0.5, 0.6) is 0 Å². The van der Waals surface area contributed by atoms with Gasteiger partial charge in [0.15, 0.2) is 0 Å². The number of anilines is 2. The topological polar surface area (TPSA) is 58.2 Å². The number of amides is 2. The summed E-state index contributed by atoms with van der Waals surface area (Å²) in [6.07, 6.45) is 0.131. The lowest BCUT2D eigenvalue weighted by atomic mass is 10.1. The highest BCUT2D eigenvalue weighted by Gasteiger charge is 2.17. The summed E-state index contributed by atoms with van der Waals surface area (Å²) in [6.45, 7) is 0. The molecule has 0 aliphatic rings. The first-order valence-corrected chi connectivity index (χ1v) is 10.7. The van der Waals surface area contributed by atoms with Crippen LogP contribution in [0.3, 0.4) is 0 Å². The van der Waals surface area contributed by atoms with Crippen LogP contribution in [0.2, 0.25) is 0 Å². The fourth-order valence-corrected chi connectivity index (χ4v) is 4.91. The molecular formula is C23H16BrFN2O2S. The first-order valence-electron chi connectivity index (χ1n) is 9.12. The summed E-state index contributed by atoms with van der Waals surface area (Å²) in [5.74, 6) is -0.789. The maximum Gasteiger partial charge on any atom is 0.266 e. The Morgan fingerprint density at radius 1 is 0.900 bits per heavy atom. The SMILES string of the molecule is O=C(Cc1ccc(F)cc1)Nc1cccc(NC(=O)c2sc3ccccc3c2Br)c1. The van der Waals surface area contributed by atoms with Crippen molar-refractivity contribution in [1.29, 1.82) is 0 Å². The first-order chi connectivity index (χ1) is 14.5. The van der Waals surface area contributed by atoms with Gasteiger partial charge in [0.2, 0.25) is 5.91 Å². The molecule has 4 rings (SSSR count). The third-order valence-electron chi connectivity index (χ3n) is 4.42. The van der Waals surface area contributed by atoms with Gasteiger partial charge in [-0.1, -0.05) is 36.4 Å². The minimum atomic E-state index is -0.340. The Hall–Kier alpha value is -3.03. The van der Waals surface area contributed by atoms with Gasteiger partial charge in [0.25, 0.3) is 5.91 Å². The molecule has 0 fully saturated rings. The molecule has 2 N–H and O–H groups in total. The van der Waals surface area contributed by atoms with Gasteiger partial charge in [0, 0.05) is 25.9 Å². The number of nitrogens with one attached hydrogen (secondary N) is 2. The molecule has 1 heterocycles. The highest BCUT2D eigenvalue weighted by atomic mass is 79.9. The van der Waals surface area contributed by atoms with E-state index in [1.54, 1.807) is 36.4 Å². The summed E-state index contributed by atoms with van der Waals surface area (Å²) in [5, 5.41) is 6.67. The molecule has 0 unspecified atom stereocenters. The Morgan fingerprint density at radius 3 is 2.33 bits per heavy atom. The zero-order valence-electron chi connectivity index (χ0n) is 15.6. The molecule has 4 aromatic rings. The van der Waals surface area contributed by atoms with Crippen molar-refractivity contribution < 1.29 is 14.0 Å². The zero-order chi connectivity index (χ0) is 21.1. The zero-order valence-corrected chi connectivity index (χ0v) is 18.0. The van der Waals surface area contributed by atoms with Crippen LogP contribution in [0.1, 0.15) is 15.2 Å². The number of carbonyl (C=O) groups is 2. The van der Waals surface area contributed by atoms with Gasteiger partial charge >= 0.3 is 0 Å². The molecular weight excluding hydrogens is 467 g/mol. The lowest BCUT2D eigenvalue weighted by molar-refractivity contribution is -0.115. The molecule has 0 atom stereocenters. The Balaban J connectivity index is 1.45. The van der Waals surface area contributed by atoms with Gasteiger partial charge in [-0.05, 0) is 57.9 Å². The van der Waals surface area contributed by atoms with Crippen molar-refractivity contribution in [2.45, 2.75) is 6.42 Å². The van der Waals surface area contributed by atoms with Crippen molar-refractivity contribution in [3.05, 3.63) is 93.5 Å². The van der Waals surface area contributed by atoms with E-state index in [0.717, 1.165) is 14.6 Å². The molecule has 2 amide bonds. The van der Waals surface area contributed by atoms with Gasteiger partial charge in [-0.25, -0.2) is 4.39 Å². The van der Waals surface area contributed by atoms with Gasteiger partial charge in [-0.3, -0.25) is 9.59 Å². The van der Waals surface area contributed by atoms with Crippen molar-refractivity contribution in [2.24, 2.45) is 0 Å². The van der Waals surface area contributed by atoms with Crippen LogP contribution in [0, 0.1) is 5.82 Å². The second-order valence-corrected chi connectivity index (χ2v) is 8.47. The molecule has 3 aromatic carbocycles. The van der Waals surface area contributed by atoms with Crippen LogP contribution in [-0.4, -0.2) is 11.8 Å². The van der Waals surface area contributed by atoms with E-state index < -0.39 is 0 Å². The molecule has 0 saturated carbocycles. The van der Waals surface area contributed by atoms with E-state index in [4.69, 9.17) is 0 Å². The number of benzene rings is 3. The second kappa shape index (κ2) is 8.77. The summed E-state index contributed by atoms with van der Waals surface area (Å²) in [5.41, 5.74) is 1.85. The number of hydrogen-bond donors (Lipinski definition) is 2. The third kappa shape index (κ3) is 4.58. The molecule has 0 spiro atoms. The predicted molar refractivity (Wildman–Crippen MR) is 123 cm³/mol. The summed E-state index contributed by atoms with van der Waals surface area (Å²) < 4.78 is 14.8. The van der Waals surface area contributed by atoms with E-state index in [1.165, 1.54) is 23.5 Å². The summed E-state index contributed by atoms with van der Waals surface area (Å²) in [6, 6.07) is 20.6. The number of hydrogen-bond acceptors (Lipinski definition) is 3. The van der Waals surface area contributed by atoms with Gasteiger partial charge in [-0.2, -0.15) is 0 Å². The summed E-state index contributed by atoms with van der Waals surface area (Å²) in [7, 11) is 0. The van der Waals surface area contributed by atoms with Crippen LogP contribution in [0.4, 0.5) is 15.8 Å². The molecule has 150 valence electrons.